The first-order valence-corrected chi connectivity index (χ1v) is 8.46. The van der Waals surface area contributed by atoms with E-state index in [0.29, 0.717) is 11.8 Å². The summed E-state index contributed by atoms with van der Waals surface area (Å²) in [6, 6.07) is 10.9. The second kappa shape index (κ2) is 5.02. The van der Waals surface area contributed by atoms with E-state index in [1.54, 1.807) is 0 Å². The minimum atomic E-state index is -0.424. The fourth-order valence-electron chi connectivity index (χ4n) is 4.01. The largest absolute Gasteiger partial charge is 0.444 e. The number of fused-ring (bicyclic) bond motifs is 4. The van der Waals surface area contributed by atoms with Gasteiger partial charge in [0.25, 0.3) is 0 Å². The summed E-state index contributed by atoms with van der Waals surface area (Å²) < 4.78 is 7.98. The van der Waals surface area contributed by atoms with Gasteiger partial charge in [0, 0.05) is 30.8 Å². The summed E-state index contributed by atoms with van der Waals surface area (Å²) in [6.45, 7) is 8.41. The molecule has 4 heteroatoms. The zero-order valence-electron chi connectivity index (χ0n) is 14.1. The number of amides is 1. The minimum absolute atomic E-state index is 0.165. The van der Waals surface area contributed by atoms with Gasteiger partial charge in [0.2, 0.25) is 0 Å². The third-order valence-electron chi connectivity index (χ3n) is 5.01. The van der Waals surface area contributed by atoms with E-state index in [1.807, 2.05) is 25.7 Å². The van der Waals surface area contributed by atoms with Crippen molar-refractivity contribution in [1.82, 2.24) is 9.47 Å². The number of benzene rings is 1. The Bertz CT molecular complexity index is 756. The molecule has 2 aliphatic heterocycles. The van der Waals surface area contributed by atoms with Gasteiger partial charge in [0.05, 0.1) is 0 Å². The predicted octanol–water partition coefficient (Wildman–Crippen LogP) is 3.68. The van der Waals surface area contributed by atoms with E-state index in [2.05, 4.69) is 34.9 Å². The van der Waals surface area contributed by atoms with Crippen LogP contribution >= 0.6 is 0 Å². The maximum atomic E-state index is 12.3. The molecule has 0 saturated carbocycles. The number of likely N-dealkylation sites (tertiary alicyclic amines) is 1. The molecule has 122 valence electrons. The van der Waals surface area contributed by atoms with Gasteiger partial charge in [-0.1, -0.05) is 18.2 Å². The Kier molecular flexibility index (Phi) is 3.19. The number of para-hydroxylation sites is 1. The molecule has 4 rings (SSSR count). The van der Waals surface area contributed by atoms with Crippen LogP contribution in [0.25, 0.3) is 10.9 Å². The molecule has 0 radical (unpaired) electrons. The molecule has 1 amide bonds. The highest BCUT2D eigenvalue weighted by Crippen LogP contribution is 2.36. The third kappa shape index (κ3) is 2.60. The average molecular weight is 312 g/mol. The van der Waals surface area contributed by atoms with Crippen molar-refractivity contribution in [2.45, 2.75) is 39.3 Å². The highest BCUT2D eigenvalue weighted by Gasteiger charge is 2.40. The Morgan fingerprint density at radius 1 is 1.13 bits per heavy atom. The molecule has 1 aromatic heterocycles. The van der Waals surface area contributed by atoms with E-state index in [4.69, 9.17) is 4.74 Å². The molecule has 1 aromatic carbocycles. The molecular formula is C19H24N2O2. The second-order valence-corrected chi connectivity index (χ2v) is 7.91. The van der Waals surface area contributed by atoms with Crippen molar-refractivity contribution in [1.29, 1.82) is 0 Å². The minimum Gasteiger partial charge on any atom is -0.444 e. The van der Waals surface area contributed by atoms with Crippen LogP contribution in [0.1, 0.15) is 26.5 Å². The molecule has 2 atom stereocenters. The Morgan fingerprint density at radius 3 is 2.65 bits per heavy atom. The van der Waals surface area contributed by atoms with Crippen LogP contribution in [0.4, 0.5) is 4.79 Å². The Hall–Kier alpha value is -1.97. The summed E-state index contributed by atoms with van der Waals surface area (Å²) in [7, 11) is 0. The predicted molar refractivity (Wildman–Crippen MR) is 90.4 cm³/mol. The lowest BCUT2D eigenvalue weighted by Crippen LogP contribution is -2.35. The van der Waals surface area contributed by atoms with Gasteiger partial charge in [-0.15, -0.1) is 0 Å². The van der Waals surface area contributed by atoms with Crippen LogP contribution in [0.3, 0.4) is 0 Å². The fraction of sp³-hybridized carbons (Fsp3) is 0.526. The van der Waals surface area contributed by atoms with Crippen LogP contribution in [-0.4, -0.2) is 34.3 Å². The van der Waals surface area contributed by atoms with Gasteiger partial charge in [0.1, 0.15) is 5.60 Å². The average Bonchev–Trinajstić information content (AvgIpc) is 3.03. The molecule has 0 N–H and O–H groups in total. The number of ether oxygens (including phenoxy) is 1. The van der Waals surface area contributed by atoms with Crippen molar-refractivity contribution < 1.29 is 9.53 Å². The smallest absolute Gasteiger partial charge is 0.410 e. The molecule has 0 unspecified atom stereocenters. The highest BCUT2D eigenvalue weighted by atomic mass is 16.6. The SMILES string of the molecule is CC(C)(C)OC(=O)N1C[C@@H]2Cc3cc4ccccc4n3C[C@@H]2C1. The summed E-state index contributed by atoms with van der Waals surface area (Å²) in [5, 5.41) is 1.33. The van der Waals surface area contributed by atoms with E-state index >= 15 is 0 Å². The number of rotatable bonds is 0. The molecule has 4 nitrogen and oxygen atoms in total. The quantitative estimate of drug-likeness (QED) is 0.743. The lowest BCUT2D eigenvalue weighted by atomic mass is 9.88. The van der Waals surface area contributed by atoms with Gasteiger partial charge in [-0.2, -0.15) is 0 Å². The van der Waals surface area contributed by atoms with Crippen LogP contribution in [0.2, 0.25) is 0 Å². The van der Waals surface area contributed by atoms with Crippen LogP contribution in [0.15, 0.2) is 30.3 Å². The summed E-state index contributed by atoms with van der Waals surface area (Å²) in [5.41, 5.74) is 2.29. The summed E-state index contributed by atoms with van der Waals surface area (Å²) in [6.07, 6.45) is 0.889. The molecule has 0 spiro atoms. The van der Waals surface area contributed by atoms with Crippen molar-refractivity contribution in [2.75, 3.05) is 13.1 Å². The molecule has 23 heavy (non-hydrogen) atoms. The normalized spacial score (nSPS) is 23.7. The van der Waals surface area contributed by atoms with Crippen LogP contribution < -0.4 is 0 Å². The van der Waals surface area contributed by atoms with Crippen molar-refractivity contribution >= 4 is 17.0 Å². The van der Waals surface area contributed by atoms with Gasteiger partial charge in [0.15, 0.2) is 0 Å². The number of nitrogens with zero attached hydrogens (tertiary/aromatic N) is 2. The van der Waals surface area contributed by atoms with E-state index in [-0.39, 0.29) is 6.09 Å². The van der Waals surface area contributed by atoms with Gasteiger partial charge < -0.3 is 14.2 Å². The molecule has 1 fully saturated rings. The topological polar surface area (TPSA) is 34.5 Å². The van der Waals surface area contributed by atoms with E-state index in [9.17, 15) is 4.79 Å². The number of aromatic nitrogens is 1. The maximum Gasteiger partial charge on any atom is 0.410 e. The van der Waals surface area contributed by atoms with E-state index in [0.717, 1.165) is 26.1 Å². The first kappa shape index (κ1) is 14.6. The highest BCUT2D eigenvalue weighted by molar-refractivity contribution is 5.81. The molecule has 2 aliphatic rings. The zero-order valence-corrected chi connectivity index (χ0v) is 14.1. The second-order valence-electron chi connectivity index (χ2n) is 7.91. The number of carbonyl (C=O) groups excluding carboxylic acids is 1. The van der Waals surface area contributed by atoms with Gasteiger partial charge in [-0.05, 0) is 56.5 Å². The van der Waals surface area contributed by atoms with Crippen LogP contribution in [0, 0.1) is 11.8 Å². The standard InChI is InChI=1S/C19H24N2O2/c1-19(2,3)23-18(22)20-10-14-9-16-8-13-6-4-5-7-17(13)21(16)12-15(14)11-20/h4-8,14-15H,9-12H2,1-3H3/t14-,15-/m0/s1. The van der Waals surface area contributed by atoms with E-state index in [1.165, 1.54) is 16.6 Å². The Balaban J connectivity index is 1.54. The molecule has 3 heterocycles. The monoisotopic (exact) mass is 312 g/mol. The fourth-order valence-corrected chi connectivity index (χ4v) is 4.01. The molecule has 2 aromatic rings. The lowest BCUT2D eigenvalue weighted by Gasteiger charge is -2.26. The van der Waals surface area contributed by atoms with Gasteiger partial charge >= 0.3 is 6.09 Å². The summed E-state index contributed by atoms with van der Waals surface area (Å²) in [4.78, 5) is 14.2. The Labute approximate surface area is 137 Å². The number of hydrogen-bond acceptors (Lipinski definition) is 2. The van der Waals surface area contributed by atoms with Crippen molar-refractivity contribution in [3.8, 4) is 0 Å². The Morgan fingerprint density at radius 2 is 1.87 bits per heavy atom. The van der Waals surface area contributed by atoms with Crippen molar-refractivity contribution in [2.24, 2.45) is 11.8 Å². The van der Waals surface area contributed by atoms with Gasteiger partial charge in [-0.3, -0.25) is 0 Å². The van der Waals surface area contributed by atoms with Gasteiger partial charge in [-0.25, -0.2) is 4.79 Å². The number of carbonyl (C=O) groups is 1. The third-order valence-corrected chi connectivity index (χ3v) is 5.01. The molecular weight excluding hydrogens is 288 g/mol. The van der Waals surface area contributed by atoms with Crippen LogP contribution in [0.5, 0.6) is 0 Å². The summed E-state index contributed by atoms with van der Waals surface area (Å²) >= 11 is 0. The van der Waals surface area contributed by atoms with Crippen molar-refractivity contribution in [3.05, 3.63) is 36.0 Å². The zero-order chi connectivity index (χ0) is 16.2. The summed E-state index contributed by atoms with van der Waals surface area (Å²) in [5.74, 6) is 1.09. The van der Waals surface area contributed by atoms with Crippen molar-refractivity contribution in [3.63, 3.8) is 0 Å². The molecule has 0 aliphatic carbocycles. The molecule has 0 bridgehead atoms. The first-order valence-electron chi connectivity index (χ1n) is 8.46. The number of hydrogen-bond donors (Lipinski definition) is 0. The maximum absolute atomic E-state index is 12.3. The first-order chi connectivity index (χ1) is 10.9. The molecule has 1 saturated heterocycles. The van der Waals surface area contributed by atoms with E-state index < -0.39 is 5.60 Å². The van der Waals surface area contributed by atoms with Crippen LogP contribution in [-0.2, 0) is 17.7 Å². The lowest BCUT2D eigenvalue weighted by molar-refractivity contribution is 0.0284.